The molecule has 2 aromatic heterocycles. The molecule has 0 aliphatic carbocycles. The van der Waals surface area contributed by atoms with E-state index < -0.39 is 0 Å². The number of rotatable bonds is 5. The summed E-state index contributed by atoms with van der Waals surface area (Å²) in [6.45, 7) is 0.391. The van der Waals surface area contributed by atoms with E-state index in [0.717, 1.165) is 22.6 Å². The van der Waals surface area contributed by atoms with Crippen LogP contribution in [0.4, 0.5) is 10.5 Å². The van der Waals surface area contributed by atoms with Crippen molar-refractivity contribution in [3.63, 3.8) is 0 Å². The van der Waals surface area contributed by atoms with Gasteiger partial charge in [0.05, 0.1) is 12.8 Å². The number of benzene rings is 1. The van der Waals surface area contributed by atoms with Crippen LogP contribution in [0, 0.1) is 0 Å². The monoisotopic (exact) mass is 334 g/mol. The molecule has 0 spiro atoms. The van der Waals surface area contributed by atoms with E-state index in [9.17, 15) is 4.79 Å². The number of aromatic nitrogens is 2. The molecule has 0 unspecified atom stereocenters. The Morgan fingerprint density at radius 2 is 1.92 bits per heavy atom. The van der Waals surface area contributed by atoms with Crippen LogP contribution >= 0.6 is 0 Å². The molecule has 0 aliphatic rings. The Balaban J connectivity index is 1.53. The van der Waals surface area contributed by atoms with Gasteiger partial charge < -0.3 is 15.4 Å². The third kappa shape index (κ3) is 4.54. The number of hydrogen-bond donors (Lipinski definition) is 2. The van der Waals surface area contributed by atoms with Crippen molar-refractivity contribution in [3.05, 3.63) is 72.7 Å². The van der Waals surface area contributed by atoms with E-state index in [1.807, 2.05) is 24.3 Å². The van der Waals surface area contributed by atoms with Gasteiger partial charge in [-0.15, -0.1) is 0 Å². The number of hydrogen-bond acceptors (Lipinski definition) is 4. The minimum absolute atomic E-state index is 0.276. The molecule has 25 heavy (non-hydrogen) atoms. The van der Waals surface area contributed by atoms with E-state index in [1.54, 1.807) is 50.0 Å². The molecule has 2 N–H and O–H groups in total. The van der Waals surface area contributed by atoms with E-state index in [0.29, 0.717) is 12.2 Å². The highest BCUT2D eigenvalue weighted by Gasteiger charge is 2.03. The molecule has 126 valence electrons. The van der Waals surface area contributed by atoms with Gasteiger partial charge in [0, 0.05) is 36.4 Å². The summed E-state index contributed by atoms with van der Waals surface area (Å²) in [5.74, 6) is 0.741. The first-order valence-electron chi connectivity index (χ1n) is 7.79. The predicted octanol–water partition coefficient (Wildman–Crippen LogP) is 3.47. The van der Waals surface area contributed by atoms with Gasteiger partial charge in [-0.2, -0.15) is 0 Å². The summed E-state index contributed by atoms with van der Waals surface area (Å²) in [5.41, 5.74) is 3.42. The van der Waals surface area contributed by atoms with Crippen molar-refractivity contribution in [1.29, 1.82) is 0 Å². The highest BCUT2D eigenvalue weighted by Crippen LogP contribution is 2.16. The van der Waals surface area contributed by atoms with Gasteiger partial charge in [0.2, 0.25) is 0 Å². The smallest absolute Gasteiger partial charge is 0.319 e. The molecule has 3 rings (SSSR count). The molecule has 0 saturated heterocycles. The SMILES string of the molecule is COc1ccc(NC(=O)NCc2ccc(-c3cccnc3)nc2)cc1. The van der Waals surface area contributed by atoms with Crippen molar-refractivity contribution >= 4 is 11.7 Å². The van der Waals surface area contributed by atoms with Gasteiger partial charge in [0.15, 0.2) is 0 Å². The number of pyridine rings is 2. The first-order valence-corrected chi connectivity index (χ1v) is 7.79. The zero-order chi connectivity index (χ0) is 17.5. The Hall–Kier alpha value is -3.41. The van der Waals surface area contributed by atoms with Crippen LogP contribution in [0.25, 0.3) is 11.3 Å². The van der Waals surface area contributed by atoms with Crippen LogP contribution in [-0.4, -0.2) is 23.1 Å². The van der Waals surface area contributed by atoms with E-state index in [-0.39, 0.29) is 6.03 Å². The Morgan fingerprint density at radius 3 is 2.56 bits per heavy atom. The molecule has 6 nitrogen and oxygen atoms in total. The quantitative estimate of drug-likeness (QED) is 0.749. The van der Waals surface area contributed by atoms with Crippen LogP contribution in [-0.2, 0) is 6.54 Å². The molecular weight excluding hydrogens is 316 g/mol. The zero-order valence-electron chi connectivity index (χ0n) is 13.8. The number of nitrogens with zero attached hydrogens (tertiary/aromatic N) is 2. The molecule has 2 heterocycles. The number of nitrogens with one attached hydrogen (secondary N) is 2. The van der Waals surface area contributed by atoms with Crippen LogP contribution in [0.2, 0.25) is 0 Å². The summed E-state index contributed by atoms with van der Waals surface area (Å²) in [5, 5.41) is 5.57. The maximum Gasteiger partial charge on any atom is 0.319 e. The topological polar surface area (TPSA) is 76.1 Å². The number of anilines is 1. The summed E-state index contributed by atoms with van der Waals surface area (Å²) in [6.07, 6.45) is 5.24. The fraction of sp³-hybridized carbons (Fsp3) is 0.105. The van der Waals surface area contributed by atoms with Gasteiger partial charge in [0.25, 0.3) is 0 Å². The van der Waals surface area contributed by atoms with Crippen molar-refractivity contribution < 1.29 is 9.53 Å². The standard InChI is InChI=1S/C19H18N4O2/c1-25-17-7-5-16(6-8-17)23-19(24)22-12-14-4-9-18(21-11-14)15-3-2-10-20-13-15/h2-11,13H,12H2,1H3,(H2,22,23,24). The number of carbonyl (C=O) groups excluding carboxylic acids is 1. The van der Waals surface area contributed by atoms with Crippen LogP contribution in [0.15, 0.2) is 67.1 Å². The zero-order valence-corrected chi connectivity index (χ0v) is 13.8. The minimum atomic E-state index is -0.276. The highest BCUT2D eigenvalue weighted by atomic mass is 16.5. The number of urea groups is 1. The lowest BCUT2D eigenvalue weighted by Gasteiger charge is -2.08. The third-order valence-corrected chi connectivity index (χ3v) is 3.58. The van der Waals surface area contributed by atoms with E-state index in [1.165, 1.54) is 0 Å². The Morgan fingerprint density at radius 1 is 1.08 bits per heavy atom. The summed E-state index contributed by atoms with van der Waals surface area (Å²) >= 11 is 0. The number of methoxy groups -OCH3 is 1. The number of amides is 2. The van der Waals surface area contributed by atoms with Gasteiger partial charge in [-0.05, 0) is 48.0 Å². The van der Waals surface area contributed by atoms with E-state index in [2.05, 4.69) is 20.6 Å². The molecular formula is C19H18N4O2. The normalized spacial score (nSPS) is 10.1. The summed E-state index contributed by atoms with van der Waals surface area (Å²) in [6, 6.07) is 14.5. The molecule has 0 aliphatic heterocycles. The Labute approximate surface area is 145 Å². The van der Waals surface area contributed by atoms with Gasteiger partial charge >= 0.3 is 6.03 Å². The second kappa shape index (κ2) is 7.92. The summed E-state index contributed by atoms with van der Waals surface area (Å²) < 4.78 is 5.08. The minimum Gasteiger partial charge on any atom is -0.497 e. The molecule has 0 atom stereocenters. The molecule has 3 aromatic rings. The van der Waals surface area contributed by atoms with E-state index >= 15 is 0 Å². The second-order valence-corrected chi connectivity index (χ2v) is 5.33. The predicted molar refractivity (Wildman–Crippen MR) is 96.3 cm³/mol. The number of carbonyl (C=O) groups is 1. The molecule has 1 aromatic carbocycles. The van der Waals surface area contributed by atoms with Crippen LogP contribution in [0.1, 0.15) is 5.56 Å². The maximum atomic E-state index is 11.9. The molecule has 0 radical (unpaired) electrons. The van der Waals surface area contributed by atoms with Gasteiger partial charge in [-0.1, -0.05) is 6.07 Å². The van der Waals surface area contributed by atoms with Crippen molar-refractivity contribution in [2.24, 2.45) is 0 Å². The van der Waals surface area contributed by atoms with Crippen LogP contribution < -0.4 is 15.4 Å². The van der Waals surface area contributed by atoms with Crippen molar-refractivity contribution in [2.45, 2.75) is 6.54 Å². The first kappa shape index (κ1) is 16.4. The average Bonchev–Trinajstić information content (AvgIpc) is 2.68. The highest BCUT2D eigenvalue weighted by molar-refractivity contribution is 5.89. The van der Waals surface area contributed by atoms with Crippen LogP contribution in [0.3, 0.4) is 0 Å². The Bertz CT molecular complexity index is 818. The lowest BCUT2D eigenvalue weighted by molar-refractivity contribution is 0.251. The van der Waals surface area contributed by atoms with Gasteiger partial charge in [0.1, 0.15) is 5.75 Å². The first-order chi connectivity index (χ1) is 12.2. The van der Waals surface area contributed by atoms with Crippen molar-refractivity contribution in [3.8, 4) is 17.0 Å². The summed E-state index contributed by atoms with van der Waals surface area (Å²) in [4.78, 5) is 20.4. The fourth-order valence-electron chi connectivity index (χ4n) is 2.25. The van der Waals surface area contributed by atoms with Crippen molar-refractivity contribution in [2.75, 3.05) is 12.4 Å². The third-order valence-electron chi connectivity index (χ3n) is 3.58. The molecule has 0 saturated carbocycles. The average molecular weight is 334 g/mol. The van der Waals surface area contributed by atoms with E-state index in [4.69, 9.17) is 4.74 Å². The molecule has 0 fully saturated rings. The molecule has 2 amide bonds. The molecule has 6 heteroatoms. The lowest BCUT2D eigenvalue weighted by Crippen LogP contribution is -2.28. The van der Waals surface area contributed by atoms with Crippen LogP contribution in [0.5, 0.6) is 5.75 Å². The fourth-order valence-corrected chi connectivity index (χ4v) is 2.25. The number of ether oxygens (including phenoxy) is 1. The summed E-state index contributed by atoms with van der Waals surface area (Å²) in [7, 11) is 1.60. The second-order valence-electron chi connectivity index (χ2n) is 5.33. The lowest BCUT2D eigenvalue weighted by atomic mass is 10.1. The Kier molecular flexibility index (Phi) is 5.21. The maximum absolute atomic E-state index is 11.9. The molecule has 0 bridgehead atoms. The van der Waals surface area contributed by atoms with Crippen molar-refractivity contribution in [1.82, 2.24) is 15.3 Å². The largest absolute Gasteiger partial charge is 0.497 e. The van der Waals surface area contributed by atoms with Gasteiger partial charge in [-0.3, -0.25) is 9.97 Å². The van der Waals surface area contributed by atoms with Gasteiger partial charge in [-0.25, -0.2) is 4.79 Å².